The fraction of sp³-hybridized carbons (Fsp3) is 0.400. The monoisotopic (exact) mass is 316 g/mol. The molecular formula is C20H22F2O. The van der Waals surface area contributed by atoms with Gasteiger partial charge in [0.1, 0.15) is 0 Å². The van der Waals surface area contributed by atoms with Crippen molar-refractivity contribution in [1.29, 1.82) is 0 Å². The molecule has 0 saturated heterocycles. The number of hydrogen-bond donors (Lipinski definition) is 0. The lowest BCUT2D eigenvalue weighted by molar-refractivity contribution is 0.0659. The molecule has 1 aliphatic rings. The second kappa shape index (κ2) is 6.79. The third-order valence-electron chi connectivity index (χ3n) is 4.98. The predicted molar refractivity (Wildman–Crippen MR) is 88.5 cm³/mol. The van der Waals surface area contributed by atoms with E-state index in [0.29, 0.717) is 23.1 Å². The van der Waals surface area contributed by atoms with Crippen LogP contribution >= 0.6 is 0 Å². The van der Waals surface area contributed by atoms with E-state index < -0.39 is 11.6 Å². The summed E-state index contributed by atoms with van der Waals surface area (Å²) in [5.41, 5.74) is 2.65. The number of rotatable bonds is 3. The van der Waals surface area contributed by atoms with Crippen LogP contribution in [0.2, 0.25) is 0 Å². The molecular weight excluding hydrogens is 294 g/mol. The van der Waals surface area contributed by atoms with Gasteiger partial charge < -0.3 is 4.74 Å². The van der Waals surface area contributed by atoms with Crippen molar-refractivity contribution in [1.82, 2.24) is 0 Å². The molecule has 3 heteroatoms. The molecule has 2 aromatic rings. The maximum absolute atomic E-state index is 14.1. The summed E-state index contributed by atoms with van der Waals surface area (Å²) in [7, 11) is 1.77. The van der Waals surface area contributed by atoms with Crippen LogP contribution < -0.4 is 0 Å². The van der Waals surface area contributed by atoms with Crippen LogP contribution in [0.1, 0.15) is 42.7 Å². The highest BCUT2D eigenvalue weighted by Gasteiger charge is 2.22. The van der Waals surface area contributed by atoms with Gasteiger partial charge in [-0.2, -0.15) is 0 Å². The predicted octanol–water partition coefficient (Wildman–Crippen LogP) is 5.61. The van der Waals surface area contributed by atoms with Crippen LogP contribution in [0, 0.1) is 18.6 Å². The van der Waals surface area contributed by atoms with Crippen molar-refractivity contribution in [2.24, 2.45) is 0 Å². The van der Waals surface area contributed by atoms with E-state index in [1.807, 2.05) is 24.3 Å². The van der Waals surface area contributed by atoms with Gasteiger partial charge in [0.25, 0.3) is 0 Å². The summed E-state index contributed by atoms with van der Waals surface area (Å²) in [6.07, 6.45) is 4.79. The highest BCUT2D eigenvalue weighted by molar-refractivity contribution is 5.65. The van der Waals surface area contributed by atoms with Crippen molar-refractivity contribution in [3.05, 3.63) is 59.2 Å². The maximum atomic E-state index is 14.1. The largest absolute Gasteiger partial charge is 0.381 e. The van der Waals surface area contributed by atoms with Crippen LogP contribution in [0.15, 0.2) is 36.4 Å². The van der Waals surface area contributed by atoms with Crippen molar-refractivity contribution in [3.8, 4) is 11.1 Å². The molecule has 1 aliphatic carbocycles. The lowest BCUT2D eigenvalue weighted by atomic mass is 9.82. The highest BCUT2D eigenvalue weighted by Crippen LogP contribution is 2.35. The molecule has 1 saturated carbocycles. The van der Waals surface area contributed by atoms with E-state index in [0.717, 1.165) is 31.2 Å². The molecule has 3 rings (SSSR count). The zero-order chi connectivity index (χ0) is 16.4. The van der Waals surface area contributed by atoms with Gasteiger partial charge in [0.05, 0.1) is 6.10 Å². The molecule has 0 heterocycles. The van der Waals surface area contributed by atoms with Crippen LogP contribution in [0.5, 0.6) is 0 Å². The van der Waals surface area contributed by atoms with E-state index >= 15 is 0 Å². The molecule has 2 aromatic carbocycles. The Hall–Kier alpha value is -1.74. The highest BCUT2D eigenvalue weighted by atomic mass is 19.2. The average molecular weight is 316 g/mol. The van der Waals surface area contributed by atoms with Crippen LogP contribution in [0.3, 0.4) is 0 Å². The van der Waals surface area contributed by atoms with E-state index in [2.05, 4.69) is 0 Å². The van der Waals surface area contributed by atoms with E-state index in [1.54, 1.807) is 26.2 Å². The third kappa shape index (κ3) is 3.30. The van der Waals surface area contributed by atoms with Crippen molar-refractivity contribution in [2.75, 3.05) is 7.11 Å². The van der Waals surface area contributed by atoms with Gasteiger partial charge in [-0.15, -0.1) is 0 Å². The van der Waals surface area contributed by atoms with Crippen LogP contribution in [-0.2, 0) is 4.74 Å². The van der Waals surface area contributed by atoms with Crippen LogP contribution in [-0.4, -0.2) is 13.2 Å². The van der Waals surface area contributed by atoms with Gasteiger partial charge in [-0.3, -0.25) is 0 Å². The molecule has 0 aromatic heterocycles. The van der Waals surface area contributed by atoms with Gasteiger partial charge >= 0.3 is 0 Å². The molecule has 122 valence electrons. The quantitative estimate of drug-likeness (QED) is 0.715. The summed E-state index contributed by atoms with van der Waals surface area (Å²) < 4.78 is 33.2. The smallest absolute Gasteiger partial charge is 0.166 e. The SMILES string of the molecule is COC1CCC(c2ccc(-c3ccc(C)c(F)c3F)cc2)CC1. The zero-order valence-electron chi connectivity index (χ0n) is 13.6. The summed E-state index contributed by atoms with van der Waals surface area (Å²) in [5.74, 6) is -0.988. The van der Waals surface area contributed by atoms with E-state index in [4.69, 9.17) is 4.74 Å². The first-order valence-electron chi connectivity index (χ1n) is 8.18. The average Bonchev–Trinajstić information content (AvgIpc) is 2.60. The summed E-state index contributed by atoms with van der Waals surface area (Å²) >= 11 is 0. The van der Waals surface area contributed by atoms with Gasteiger partial charge in [0, 0.05) is 12.7 Å². The standard InChI is InChI=1S/C20H22F2O/c1-13-3-12-18(20(22)19(13)21)16-6-4-14(5-7-16)15-8-10-17(23-2)11-9-15/h3-7,12,15,17H,8-11H2,1-2H3. The summed E-state index contributed by atoms with van der Waals surface area (Å²) in [6.45, 7) is 1.57. The lowest BCUT2D eigenvalue weighted by Gasteiger charge is -2.28. The minimum absolute atomic E-state index is 0.322. The molecule has 0 N–H and O–H groups in total. The Kier molecular flexibility index (Phi) is 4.76. The second-order valence-electron chi connectivity index (χ2n) is 6.39. The first-order valence-corrected chi connectivity index (χ1v) is 8.18. The Morgan fingerprint density at radius 1 is 0.870 bits per heavy atom. The molecule has 0 spiro atoms. The van der Waals surface area contributed by atoms with E-state index in [9.17, 15) is 8.78 Å². The molecule has 0 amide bonds. The number of ether oxygens (including phenoxy) is 1. The summed E-state index contributed by atoms with van der Waals surface area (Å²) in [5, 5.41) is 0. The third-order valence-corrected chi connectivity index (χ3v) is 4.98. The Balaban J connectivity index is 1.79. The number of hydrogen-bond acceptors (Lipinski definition) is 1. The first-order chi connectivity index (χ1) is 11.1. The van der Waals surface area contributed by atoms with Crippen molar-refractivity contribution in [3.63, 3.8) is 0 Å². The van der Waals surface area contributed by atoms with E-state index in [-0.39, 0.29) is 0 Å². The lowest BCUT2D eigenvalue weighted by Crippen LogP contribution is -2.19. The van der Waals surface area contributed by atoms with Crippen LogP contribution in [0.4, 0.5) is 8.78 Å². The molecule has 1 nitrogen and oxygen atoms in total. The number of methoxy groups -OCH3 is 1. The Morgan fingerprint density at radius 2 is 1.52 bits per heavy atom. The van der Waals surface area contributed by atoms with Crippen molar-refractivity contribution in [2.45, 2.75) is 44.6 Å². The number of benzene rings is 2. The van der Waals surface area contributed by atoms with Crippen LogP contribution in [0.25, 0.3) is 11.1 Å². The molecule has 23 heavy (non-hydrogen) atoms. The molecule has 0 aliphatic heterocycles. The Labute approximate surface area is 136 Å². The molecule has 1 fully saturated rings. The molecule has 0 radical (unpaired) electrons. The van der Waals surface area contributed by atoms with Gasteiger partial charge in [0.15, 0.2) is 11.6 Å². The molecule has 0 atom stereocenters. The fourth-order valence-electron chi connectivity index (χ4n) is 3.44. The first kappa shape index (κ1) is 16.1. The fourth-order valence-corrected chi connectivity index (χ4v) is 3.44. The summed E-state index contributed by atoms with van der Waals surface area (Å²) in [6, 6.07) is 11.1. The Morgan fingerprint density at radius 3 is 2.13 bits per heavy atom. The number of aryl methyl sites for hydroxylation is 1. The zero-order valence-corrected chi connectivity index (χ0v) is 13.6. The van der Waals surface area contributed by atoms with Gasteiger partial charge in [-0.1, -0.05) is 36.4 Å². The van der Waals surface area contributed by atoms with Crippen molar-refractivity contribution < 1.29 is 13.5 Å². The minimum Gasteiger partial charge on any atom is -0.381 e. The molecule has 0 unspecified atom stereocenters. The number of halogens is 2. The van der Waals surface area contributed by atoms with Crippen molar-refractivity contribution >= 4 is 0 Å². The van der Waals surface area contributed by atoms with Gasteiger partial charge in [-0.05, 0) is 55.2 Å². The Bertz CT molecular complexity index is 671. The van der Waals surface area contributed by atoms with Gasteiger partial charge in [0.2, 0.25) is 0 Å². The maximum Gasteiger partial charge on any atom is 0.166 e. The minimum atomic E-state index is -0.765. The van der Waals surface area contributed by atoms with Gasteiger partial charge in [-0.25, -0.2) is 8.78 Å². The van der Waals surface area contributed by atoms with E-state index in [1.165, 1.54) is 5.56 Å². The normalized spacial score (nSPS) is 21.4. The molecule has 0 bridgehead atoms. The second-order valence-corrected chi connectivity index (χ2v) is 6.39. The topological polar surface area (TPSA) is 9.23 Å². The summed E-state index contributed by atoms with van der Waals surface area (Å²) in [4.78, 5) is 0.